The molecule has 1 aliphatic carbocycles. The Balaban J connectivity index is 2.05. The average molecular weight is 258 g/mol. The van der Waals surface area contributed by atoms with Crippen molar-refractivity contribution >= 4 is 17.5 Å². The zero-order valence-electron chi connectivity index (χ0n) is 11.1. The summed E-state index contributed by atoms with van der Waals surface area (Å²) < 4.78 is 0. The van der Waals surface area contributed by atoms with Gasteiger partial charge in [0, 0.05) is 18.4 Å². The monoisotopic (exact) mass is 258 g/mol. The average Bonchev–Trinajstić information content (AvgIpc) is 2.86. The first-order valence-corrected chi connectivity index (χ1v) is 6.79. The van der Waals surface area contributed by atoms with Gasteiger partial charge in [-0.1, -0.05) is 12.1 Å². The van der Waals surface area contributed by atoms with Crippen molar-refractivity contribution in [1.29, 1.82) is 0 Å². The first-order chi connectivity index (χ1) is 9.11. The van der Waals surface area contributed by atoms with Gasteiger partial charge in [-0.25, -0.2) is 4.90 Å². The van der Waals surface area contributed by atoms with Gasteiger partial charge in [-0.2, -0.15) is 0 Å². The SMILES string of the molecule is Cc1ccc(CN)cc1N1C(=O)C2CCC(C2)C1=O. The van der Waals surface area contributed by atoms with Gasteiger partial charge in [0.25, 0.3) is 0 Å². The Labute approximate surface area is 112 Å². The Morgan fingerprint density at radius 2 is 1.84 bits per heavy atom. The van der Waals surface area contributed by atoms with Gasteiger partial charge in [0.15, 0.2) is 0 Å². The highest BCUT2D eigenvalue weighted by atomic mass is 16.2. The molecule has 1 saturated heterocycles. The van der Waals surface area contributed by atoms with Crippen LogP contribution in [0.3, 0.4) is 0 Å². The van der Waals surface area contributed by atoms with Gasteiger partial charge in [-0.3, -0.25) is 9.59 Å². The van der Waals surface area contributed by atoms with Crippen molar-refractivity contribution in [3.63, 3.8) is 0 Å². The highest BCUT2D eigenvalue weighted by Gasteiger charge is 2.46. The van der Waals surface area contributed by atoms with Crippen molar-refractivity contribution in [1.82, 2.24) is 0 Å². The van der Waals surface area contributed by atoms with Crippen LogP contribution in [-0.2, 0) is 16.1 Å². The Morgan fingerprint density at radius 1 is 1.21 bits per heavy atom. The van der Waals surface area contributed by atoms with Crippen LogP contribution in [0.1, 0.15) is 30.4 Å². The van der Waals surface area contributed by atoms with E-state index in [1.54, 1.807) is 0 Å². The summed E-state index contributed by atoms with van der Waals surface area (Å²) in [4.78, 5) is 26.2. The molecule has 100 valence electrons. The number of amides is 2. The molecule has 2 bridgehead atoms. The molecule has 4 nitrogen and oxygen atoms in total. The first-order valence-electron chi connectivity index (χ1n) is 6.79. The van der Waals surface area contributed by atoms with Crippen molar-refractivity contribution in [2.45, 2.75) is 32.7 Å². The maximum Gasteiger partial charge on any atom is 0.236 e. The summed E-state index contributed by atoms with van der Waals surface area (Å²) in [6.45, 7) is 2.34. The number of hydrogen-bond acceptors (Lipinski definition) is 3. The van der Waals surface area contributed by atoms with E-state index in [2.05, 4.69) is 0 Å². The molecule has 19 heavy (non-hydrogen) atoms. The highest BCUT2D eigenvalue weighted by Crippen LogP contribution is 2.40. The molecule has 2 atom stereocenters. The first kappa shape index (κ1) is 12.4. The van der Waals surface area contributed by atoms with E-state index >= 15 is 0 Å². The lowest BCUT2D eigenvalue weighted by atomic mass is 9.95. The molecule has 4 heteroatoms. The van der Waals surface area contributed by atoms with Gasteiger partial charge in [-0.05, 0) is 43.4 Å². The van der Waals surface area contributed by atoms with Gasteiger partial charge in [0.05, 0.1) is 5.69 Å². The number of imide groups is 1. The number of fused-ring (bicyclic) bond motifs is 2. The molecule has 1 aromatic rings. The maximum absolute atomic E-state index is 12.4. The molecule has 1 aliphatic heterocycles. The summed E-state index contributed by atoms with van der Waals surface area (Å²) in [5.74, 6) is -0.000641. The molecule has 2 N–H and O–H groups in total. The molecule has 3 rings (SSSR count). The summed E-state index contributed by atoms with van der Waals surface area (Å²) in [7, 11) is 0. The van der Waals surface area contributed by atoms with Gasteiger partial charge >= 0.3 is 0 Å². The highest BCUT2D eigenvalue weighted by molar-refractivity contribution is 6.19. The van der Waals surface area contributed by atoms with Crippen LogP contribution in [0.2, 0.25) is 0 Å². The number of piperidine rings is 1. The minimum absolute atomic E-state index is 0.0311. The predicted molar refractivity (Wildman–Crippen MR) is 72.4 cm³/mol. The summed E-state index contributed by atoms with van der Waals surface area (Å²) in [6.07, 6.45) is 2.44. The van der Waals surface area contributed by atoms with Crippen LogP contribution in [0.25, 0.3) is 0 Å². The van der Waals surface area contributed by atoms with Gasteiger partial charge < -0.3 is 5.73 Å². The number of carbonyl (C=O) groups excluding carboxylic acids is 2. The molecule has 2 unspecified atom stereocenters. The number of rotatable bonds is 2. The molecule has 2 fully saturated rings. The summed E-state index contributed by atoms with van der Waals surface area (Å²) >= 11 is 0. The summed E-state index contributed by atoms with van der Waals surface area (Å²) in [6, 6.07) is 5.73. The van der Waals surface area contributed by atoms with Crippen molar-refractivity contribution in [2.24, 2.45) is 17.6 Å². The summed E-state index contributed by atoms with van der Waals surface area (Å²) in [5, 5.41) is 0. The fraction of sp³-hybridized carbons (Fsp3) is 0.467. The number of benzene rings is 1. The third kappa shape index (κ3) is 1.87. The Bertz CT molecular complexity index is 531. The van der Waals surface area contributed by atoms with Crippen LogP contribution in [0.5, 0.6) is 0 Å². The van der Waals surface area contributed by atoms with Gasteiger partial charge in [0.1, 0.15) is 0 Å². The number of anilines is 1. The van der Waals surface area contributed by atoms with Crippen LogP contribution < -0.4 is 10.6 Å². The molecular formula is C15H18N2O2. The molecule has 2 amide bonds. The second kappa shape index (κ2) is 4.46. The number of nitrogens with two attached hydrogens (primary N) is 1. The van der Waals surface area contributed by atoms with E-state index < -0.39 is 0 Å². The standard InChI is InChI=1S/C15H18N2O2/c1-9-2-3-10(8-16)6-13(9)17-14(18)11-4-5-12(7-11)15(17)19/h2-3,6,11-12H,4-5,7-8,16H2,1H3. The second-order valence-electron chi connectivity index (χ2n) is 5.54. The smallest absolute Gasteiger partial charge is 0.236 e. The van der Waals surface area contributed by atoms with Crippen LogP contribution in [0.4, 0.5) is 5.69 Å². The molecule has 0 spiro atoms. The predicted octanol–water partition coefficient (Wildman–Crippen LogP) is 1.74. The molecule has 0 aromatic heterocycles. The number of carbonyl (C=O) groups is 2. The molecule has 1 aromatic carbocycles. The molecular weight excluding hydrogens is 240 g/mol. The number of nitrogens with zero attached hydrogens (tertiary/aromatic N) is 1. The van der Waals surface area contributed by atoms with E-state index in [-0.39, 0.29) is 23.7 Å². The largest absolute Gasteiger partial charge is 0.326 e. The lowest BCUT2D eigenvalue weighted by Gasteiger charge is -2.31. The van der Waals surface area contributed by atoms with E-state index in [0.717, 1.165) is 36.1 Å². The molecule has 1 saturated carbocycles. The van der Waals surface area contributed by atoms with E-state index in [9.17, 15) is 9.59 Å². The van der Waals surface area contributed by atoms with Crippen molar-refractivity contribution in [2.75, 3.05) is 4.90 Å². The Kier molecular flexibility index (Phi) is 2.90. The van der Waals surface area contributed by atoms with Crippen LogP contribution in [0, 0.1) is 18.8 Å². The van der Waals surface area contributed by atoms with Crippen LogP contribution in [-0.4, -0.2) is 11.8 Å². The molecule has 2 aliphatic rings. The fourth-order valence-corrected chi connectivity index (χ4v) is 3.16. The minimum atomic E-state index is -0.0315. The lowest BCUT2D eigenvalue weighted by Crippen LogP contribution is -2.46. The topological polar surface area (TPSA) is 63.4 Å². The van der Waals surface area contributed by atoms with E-state index in [1.807, 2.05) is 25.1 Å². The number of aryl methyl sites for hydroxylation is 1. The fourth-order valence-electron chi connectivity index (χ4n) is 3.16. The normalized spacial score (nSPS) is 26.1. The Hall–Kier alpha value is -1.68. The maximum atomic E-state index is 12.4. The van der Waals surface area contributed by atoms with Crippen LogP contribution >= 0.6 is 0 Å². The second-order valence-corrected chi connectivity index (χ2v) is 5.54. The minimum Gasteiger partial charge on any atom is -0.326 e. The van der Waals surface area contributed by atoms with Crippen molar-refractivity contribution in [3.8, 4) is 0 Å². The third-order valence-electron chi connectivity index (χ3n) is 4.32. The van der Waals surface area contributed by atoms with Gasteiger partial charge in [0.2, 0.25) is 11.8 Å². The molecule has 0 radical (unpaired) electrons. The van der Waals surface area contributed by atoms with Crippen molar-refractivity contribution in [3.05, 3.63) is 29.3 Å². The Morgan fingerprint density at radius 3 is 2.42 bits per heavy atom. The van der Waals surface area contributed by atoms with E-state index in [0.29, 0.717) is 6.54 Å². The summed E-state index contributed by atoms with van der Waals surface area (Å²) in [5.41, 5.74) is 8.25. The lowest BCUT2D eigenvalue weighted by molar-refractivity contribution is -0.133. The van der Waals surface area contributed by atoms with Crippen LogP contribution in [0.15, 0.2) is 18.2 Å². The zero-order chi connectivity index (χ0) is 13.6. The number of hydrogen-bond donors (Lipinski definition) is 1. The van der Waals surface area contributed by atoms with Crippen molar-refractivity contribution < 1.29 is 9.59 Å². The van der Waals surface area contributed by atoms with E-state index in [4.69, 9.17) is 5.73 Å². The molecule has 1 heterocycles. The van der Waals surface area contributed by atoms with E-state index in [1.165, 1.54) is 4.90 Å². The third-order valence-corrected chi connectivity index (χ3v) is 4.32. The quantitative estimate of drug-likeness (QED) is 0.822. The zero-order valence-corrected chi connectivity index (χ0v) is 11.1. The van der Waals surface area contributed by atoms with Gasteiger partial charge in [-0.15, -0.1) is 0 Å².